The summed E-state index contributed by atoms with van der Waals surface area (Å²) >= 11 is 0. The number of benzene rings is 1. The molecule has 5 nitrogen and oxygen atoms in total. The molecule has 2 aromatic heterocycles. The van der Waals surface area contributed by atoms with Gasteiger partial charge in [0.25, 0.3) is 0 Å². The van der Waals surface area contributed by atoms with E-state index in [1.165, 1.54) is 22.0 Å². The zero-order valence-corrected chi connectivity index (χ0v) is 11.0. The number of nitrogens with zero attached hydrogens (tertiary/aromatic N) is 4. The van der Waals surface area contributed by atoms with Crippen LogP contribution in [0.25, 0.3) is 10.9 Å². The van der Waals surface area contributed by atoms with Gasteiger partial charge in [0.05, 0.1) is 6.54 Å². The number of hydrogen-bond donors (Lipinski definition) is 1. The van der Waals surface area contributed by atoms with Gasteiger partial charge >= 0.3 is 0 Å². The summed E-state index contributed by atoms with van der Waals surface area (Å²) in [5.74, 6) is 0. The Hall–Kier alpha value is -2.14. The van der Waals surface area contributed by atoms with Gasteiger partial charge in [-0.25, -0.2) is 9.67 Å². The summed E-state index contributed by atoms with van der Waals surface area (Å²) < 4.78 is 3.98. The lowest BCUT2D eigenvalue weighted by Crippen LogP contribution is -2.02. The third-order valence-electron chi connectivity index (χ3n) is 3.36. The predicted octanol–water partition coefficient (Wildman–Crippen LogP) is 1.32. The highest BCUT2D eigenvalue weighted by Crippen LogP contribution is 2.22. The van der Waals surface area contributed by atoms with Crippen LogP contribution in [-0.4, -0.2) is 25.9 Å². The molecular weight excluding hydrogens is 238 g/mol. The highest BCUT2D eigenvalue weighted by atomic mass is 15.3. The van der Waals surface area contributed by atoms with Crippen molar-refractivity contribution in [2.75, 3.05) is 6.54 Å². The molecule has 0 saturated carbocycles. The summed E-state index contributed by atoms with van der Waals surface area (Å²) in [4.78, 5) is 3.96. The van der Waals surface area contributed by atoms with Crippen LogP contribution in [-0.2, 0) is 20.0 Å². The van der Waals surface area contributed by atoms with Gasteiger partial charge in [0.2, 0.25) is 0 Å². The second kappa shape index (κ2) is 4.85. The Labute approximate surface area is 111 Å². The van der Waals surface area contributed by atoms with Crippen molar-refractivity contribution in [3.05, 3.63) is 48.2 Å². The second-order valence-corrected chi connectivity index (χ2v) is 4.75. The van der Waals surface area contributed by atoms with E-state index in [9.17, 15) is 0 Å². The largest absolute Gasteiger partial charge is 0.350 e. The van der Waals surface area contributed by atoms with Crippen LogP contribution in [0.2, 0.25) is 0 Å². The average molecular weight is 255 g/mol. The topological polar surface area (TPSA) is 61.7 Å². The van der Waals surface area contributed by atoms with E-state index in [1.807, 2.05) is 4.68 Å². The standard InChI is InChI=1S/C14H17N5/c1-18-8-12(4-5-15)13-6-11(2-3-14(13)18)7-19-10-16-9-17-19/h2-3,6,8-10H,4-5,7,15H2,1H3. The van der Waals surface area contributed by atoms with Gasteiger partial charge in [0, 0.05) is 24.1 Å². The fraction of sp³-hybridized carbons (Fsp3) is 0.286. The normalized spacial score (nSPS) is 11.3. The van der Waals surface area contributed by atoms with Gasteiger partial charge in [-0.2, -0.15) is 5.10 Å². The molecule has 3 rings (SSSR count). The highest BCUT2D eigenvalue weighted by Gasteiger charge is 2.07. The minimum Gasteiger partial charge on any atom is -0.350 e. The molecule has 1 aromatic carbocycles. The van der Waals surface area contributed by atoms with Crippen LogP contribution < -0.4 is 5.73 Å². The van der Waals surface area contributed by atoms with Crippen molar-refractivity contribution in [2.24, 2.45) is 12.8 Å². The van der Waals surface area contributed by atoms with E-state index in [1.54, 1.807) is 12.7 Å². The van der Waals surface area contributed by atoms with E-state index >= 15 is 0 Å². The Kier molecular flexibility index (Phi) is 3.05. The van der Waals surface area contributed by atoms with E-state index in [0.29, 0.717) is 6.54 Å². The number of aryl methyl sites for hydroxylation is 1. The first kappa shape index (κ1) is 11.9. The van der Waals surface area contributed by atoms with E-state index in [0.717, 1.165) is 13.0 Å². The molecule has 0 aliphatic heterocycles. The third kappa shape index (κ3) is 2.24. The lowest BCUT2D eigenvalue weighted by atomic mass is 10.1. The Balaban J connectivity index is 2.01. The number of hydrogen-bond acceptors (Lipinski definition) is 3. The molecule has 98 valence electrons. The molecule has 3 aromatic rings. The van der Waals surface area contributed by atoms with Crippen molar-refractivity contribution < 1.29 is 0 Å². The molecule has 0 fully saturated rings. The molecule has 0 atom stereocenters. The highest BCUT2D eigenvalue weighted by molar-refractivity contribution is 5.84. The van der Waals surface area contributed by atoms with Crippen molar-refractivity contribution in [2.45, 2.75) is 13.0 Å². The summed E-state index contributed by atoms with van der Waals surface area (Å²) in [6, 6.07) is 6.51. The van der Waals surface area contributed by atoms with Crippen molar-refractivity contribution in [1.29, 1.82) is 0 Å². The van der Waals surface area contributed by atoms with Crippen LogP contribution in [0.5, 0.6) is 0 Å². The average Bonchev–Trinajstić information content (AvgIpc) is 3.00. The van der Waals surface area contributed by atoms with Crippen molar-refractivity contribution in [1.82, 2.24) is 19.3 Å². The van der Waals surface area contributed by atoms with E-state index < -0.39 is 0 Å². The first-order valence-electron chi connectivity index (χ1n) is 6.37. The molecular formula is C14H17N5. The first-order chi connectivity index (χ1) is 9.28. The summed E-state index contributed by atoms with van der Waals surface area (Å²) in [5.41, 5.74) is 9.45. The lowest BCUT2D eigenvalue weighted by Gasteiger charge is -2.03. The van der Waals surface area contributed by atoms with Crippen molar-refractivity contribution in [3.8, 4) is 0 Å². The molecule has 0 radical (unpaired) electrons. The SMILES string of the molecule is Cn1cc(CCN)c2cc(Cn3cncn3)ccc21. The predicted molar refractivity (Wildman–Crippen MR) is 74.8 cm³/mol. The Morgan fingerprint density at radius 1 is 1.32 bits per heavy atom. The summed E-state index contributed by atoms with van der Waals surface area (Å²) in [6.07, 6.45) is 6.36. The summed E-state index contributed by atoms with van der Waals surface area (Å²) in [7, 11) is 2.07. The van der Waals surface area contributed by atoms with Crippen LogP contribution >= 0.6 is 0 Å². The molecule has 2 heterocycles. The van der Waals surface area contributed by atoms with Crippen molar-refractivity contribution >= 4 is 10.9 Å². The molecule has 0 amide bonds. The third-order valence-corrected chi connectivity index (χ3v) is 3.36. The maximum atomic E-state index is 5.68. The molecule has 0 saturated heterocycles. The number of nitrogens with two attached hydrogens (primary N) is 1. The molecule has 2 N–H and O–H groups in total. The maximum absolute atomic E-state index is 5.68. The molecule has 0 unspecified atom stereocenters. The molecule has 0 spiro atoms. The van der Waals surface area contributed by atoms with E-state index in [-0.39, 0.29) is 0 Å². The van der Waals surface area contributed by atoms with Crippen LogP contribution in [0, 0.1) is 0 Å². The van der Waals surface area contributed by atoms with Gasteiger partial charge in [0.1, 0.15) is 12.7 Å². The van der Waals surface area contributed by atoms with Gasteiger partial charge in [-0.05, 0) is 36.2 Å². The van der Waals surface area contributed by atoms with Gasteiger partial charge < -0.3 is 10.3 Å². The molecule has 0 aliphatic rings. The maximum Gasteiger partial charge on any atom is 0.137 e. The van der Waals surface area contributed by atoms with Gasteiger partial charge in [-0.3, -0.25) is 0 Å². The van der Waals surface area contributed by atoms with Crippen LogP contribution in [0.3, 0.4) is 0 Å². The molecule has 19 heavy (non-hydrogen) atoms. The minimum atomic E-state index is 0.673. The fourth-order valence-electron chi connectivity index (χ4n) is 2.48. The number of fused-ring (bicyclic) bond motifs is 1. The monoisotopic (exact) mass is 255 g/mol. The van der Waals surface area contributed by atoms with Crippen LogP contribution in [0.4, 0.5) is 0 Å². The lowest BCUT2D eigenvalue weighted by molar-refractivity contribution is 0.685. The Morgan fingerprint density at radius 3 is 2.95 bits per heavy atom. The summed E-state index contributed by atoms with van der Waals surface area (Å²) in [6.45, 7) is 1.42. The number of rotatable bonds is 4. The molecule has 0 bridgehead atoms. The van der Waals surface area contributed by atoms with Crippen LogP contribution in [0.1, 0.15) is 11.1 Å². The first-order valence-corrected chi connectivity index (χ1v) is 6.37. The zero-order valence-electron chi connectivity index (χ0n) is 11.0. The zero-order chi connectivity index (χ0) is 13.2. The number of aromatic nitrogens is 4. The molecule has 5 heteroatoms. The van der Waals surface area contributed by atoms with Gasteiger partial charge in [0.15, 0.2) is 0 Å². The molecule has 0 aliphatic carbocycles. The van der Waals surface area contributed by atoms with Crippen molar-refractivity contribution in [3.63, 3.8) is 0 Å². The van der Waals surface area contributed by atoms with E-state index in [4.69, 9.17) is 5.73 Å². The van der Waals surface area contributed by atoms with Crippen LogP contribution in [0.15, 0.2) is 37.1 Å². The fourth-order valence-corrected chi connectivity index (χ4v) is 2.48. The Bertz CT molecular complexity index is 681. The van der Waals surface area contributed by atoms with Gasteiger partial charge in [-0.15, -0.1) is 0 Å². The summed E-state index contributed by atoms with van der Waals surface area (Å²) in [5, 5.41) is 5.42. The smallest absolute Gasteiger partial charge is 0.137 e. The minimum absolute atomic E-state index is 0.673. The quantitative estimate of drug-likeness (QED) is 0.764. The Morgan fingerprint density at radius 2 is 2.21 bits per heavy atom. The van der Waals surface area contributed by atoms with Gasteiger partial charge in [-0.1, -0.05) is 6.07 Å². The second-order valence-electron chi connectivity index (χ2n) is 4.75. The van der Waals surface area contributed by atoms with E-state index in [2.05, 4.69) is 46.1 Å².